The van der Waals surface area contributed by atoms with Crippen molar-refractivity contribution in [2.75, 3.05) is 6.54 Å². The van der Waals surface area contributed by atoms with Crippen molar-refractivity contribution in [2.45, 2.75) is 0 Å². The minimum Gasteiger partial charge on any atom is -0.478 e. The molecule has 2 aromatic carbocycles. The fraction of sp³-hybridized carbons (Fsp3) is 0.0526. The van der Waals surface area contributed by atoms with Gasteiger partial charge in [0.25, 0.3) is 5.91 Å². The molecule has 3 rings (SSSR count). The van der Waals surface area contributed by atoms with Gasteiger partial charge in [-0.3, -0.25) is 4.79 Å². The first-order valence-electron chi connectivity index (χ1n) is 7.40. The number of amides is 1. The monoisotopic (exact) mass is 321 g/mol. The molecule has 0 radical (unpaired) electrons. The van der Waals surface area contributed by atoms with Crippen molar-refractivity contribution < 1.29 is 19.1 Å². The van der Waals surface area contributed by atoms with E-state index in [4.69, 9.17) is 9.52 Å². The van der Waals surface area contributed by atoms with Crippen molar-refractivity contribution >= 4 is 22.8 Å². The van der Waals surface area contributed by atoms with E-state index in [1.165, 1.54) is 6.08 Å². The first-order valence-corrected chi connectivity index (χ1v) is 7.40. The van der Waals surface area contributed by atoms with Crippen molar-refractivity contribution in [3.63, 3.8) is 0 Å². The van der Waals surface area contributed by atoms with E-state index in [9.17, 15) is 9.59 Å². The van der Waals surface area contributed by atoms with Crippen molar-refractivity contribution in [1.29, 1.82) is 0 Å². The van der Waals surface area contributed by atoms with E-state index in [0.717, 1.165) is 28.4 Å². The van der Waals surface area contributed by atoms with Crippen LogP contribution >= 0.6 is 0 Å². The number of carboxylic acid groups (broad SMARTS) is 1. The summed E-state index contributed by atoms with van der Waals surface area (Å²) in [6, 6.07) is 16.8. The van der Waals surface area contributed by atoms with Gasteiger partial charge in [0.05, 0.1) is 0 Å². The summed E-state index contributed by atoms with van der Waals surface area (Å²) in [5.74, 6) is -0.562. The highest BCUT2D eigenvalue weighted by Gasteiger charge is 2.08. The first-order chi connectivity index (χ1) is 11.6. The van der Waals surface area contributed by atoms with Crippen LogP contribution in [0.3, 0.4) is 0 Å². The number of carbonyl (C=O) groups excluding carboxylic acids is 1. The summed E-state index contributed by atoms with van der Waals surface area (Å²) in [6.45, 7) is 0.163. The standard InChI is InChI=1S/C19H15NO4/c21-18(22)6-3-11-20-19(23)14-9-7-13(8-10-14)17-12-15-4-1-2-5-16(15)24-17/h1-10,12H,11H2,(H,20,23)(H,21,22)/b6-3+. The van der Waals surface area contributed by atoms with E-state index in [-0.39, 0.29) is 12.5 Å². The number of hydrogen-bond donors (Lipinski definition) is 2. The first kappa shape index (κ1) is 15.6. The number of benzene rings is 2. The number of carbonyl (C=O) groups is 2. The van der Waals surface area contributed by atoms with Gasteiger partial charge in [0.2, 0.25) is 0 Å². The van der Waals surface area contributed by atoms with Crippen LogP contribution in [0, 0.1) is 0 Å². The lowest BCUT2D eigenvalue weighted by Crippen LogP contribution is -2.23. The molecule has 2 N–H and O–H groups in total. The predicted molar refractivity (Wildman–Crippen MR) is 90.8 cm³/mol. The van der Waals surface area contributed by atoms with Gasteiger partial charge in [0.1, 0.15) is 11.3 Å². The Labute approximate surface area is 138 Å². The van der Waals surface area contributed by atoms with Crippen LogP contribution in [0.2, 0.25) is 0 Å². The zero-order chi connectivity index (χ0) is 16.9. The maximum absolute atomic E-state index is 12.0. The lowest BCUT2D eigenvalue weighted by Gasteiger charge is -2.03. The Balaban J connectivity index is 1.70. The molecule has 1 amide bonds. The molecule has 3 aromatic rings. The van der Waals surface area contributed by atoms with Crippen LogP contribution in [-0.2, 0) is 4.79 Å². The predicted octanol–water partition coefficient (Wildman–Crippen LogP) is 3.47. The van der Waals surface area contributed by atoms with Gasteiger partial charge in [-0.1, -0.05) is 36.4 Å². The van der Waals surface area contributed by atoms with Gasteiger partial charge in [-0.05, 0) is 24.3 Å². The molecule has 0 unspecified atom stereocenters. The van der Waals surface area contributed by atoms with Crippen LogP contribution in [-0.4, -0.2) is 23.5 Å². The molecule has 5 heteroatoms. The highest BCUT2D eigenvalue weighted by Crippen LogP contribution is 2.27. The summed E-state index contributed by atoms with van der Waals surface area (Å²) in [4.78, 5) is 22.3. The molecule has 0 saturated carbocycles. The molecule has 1 heterocycles. The number of carboxylic acids is 1. The van der Waals surface area contributed by atoms with E-state index in [2.05, 4.69) is 5.32 Å². The number of fused-ring (bicyclic) bond motifs is 1. The Hall–Kier alpha value is -3.34. The second kappa shape index (κ2) is 6.83. The van der Waals surface area contributed by atoms with Gasteiger partial charge in [-0.2, -0.15) is 0 Å². The maximum Gasteiger partial charge on any atom is 0.328 e. The average molecular weight is 321 g/mol. The highest BCUT2D eigenvalue weighted by atomic mass is 16.4. The third-order valence-electron chi connectivity index (χ3n) is 3.50. The zero-order valence-corrected chi connectivity index (χ0v) is 12.7. The Morgan fingerprint density at radius 1 is 1.08 bits per heavy atom. The van der Waals surface area contributed by atoms with Crippen molar-refractivity contribution in [1.82, 2.24) is 5.32 Å². The molecule has 120 valence electrons. The van der Waals surface area contributed by atoms with E-state index in [1.807, 2.05) is 42.5 Å². The molecule has 0 aliphatic rings. The Morgan fingerprint density at radius 2 is 1.83 bits per heavy atom. The van der Waals surface area contributed by atoms with Gasteiger partial charge in [0.15, 0.2) is 0 Å². The molecule has 24 heavy (non-hydrogen) atoms. The number of aliphatic carboxylic acids is 1. The molecule has 0 spiro atoms. The third-order valence-corrected chi connectivity index (χ3v) is 3.50. The van der Waals surface area contributed by atoms with Gasteiger partial charge >= 0.3 is 5.97 Å². The minimum absolute atomic E-state index is 0.163. The minimum atomic E-state index is -1.04. The smallest absolute Gasteiger partial charge is 0.328 e. The largest absolute Gasteiger partial charge is 0.478 e. The topological polar surface area (TPSA) is 79.5 Å². The molecule has 0 atom stereocenters. The summed E-state index contributed by atoms with van der Waals surface area (Å²) in [5.41, 5.74) is 2.20. The summed E-state index contributed by atoms with van der Waals surface area (Å²) in [5, 5.41) is 12.1. The normalized spacial score (nSPS) is 11.0. The van der Waals surface area contributed by atoms with E-state index >= 15 is 0 Å². The molecular formula is C19H15NO4. The van der Waals surface area contributed by atoms with Gasteiger partial charge in [-0.25, -0.2) is 4.79 Å². The highest BCUT2D eigenvalue weighted by molar-refractivity contribution is 5.95. The zero-order valence-electron chi connectivity index (χ0n) is 12.7. The van der Waals surface area contributed by atoms with Crippen LogP contribution < -0.4 is 5.32 Å². The van der Waals surface area contributed by atoms with Gasteiger partial charge in [-0.15, -0.1) is 0 Å². The molecule has 5 nitrogen and oxygen atoms in total. The SMILES string of the molecule is O=C(O)/C=C/CNC(=O)c1ccc(-c2cc3ccccc3o2)cc1. The fourth-order valence-corrected chi connectivity index (χ4v) is 2.32. The molecule has 0 aliphatic carbocycles. The van der Waals surface area contributed by atoms with Crippen LogP contribution in [0.5, 0.6) is 0 Å². The van der Waals surface area contributed by atoms with E-state index in [1.54, 1.807) is 12.1 Å². The maximum atomic E-state index is 12.0. The van der Waals surface area contributed by atoms with Crippen molar-refractivity contribution in [3.8, 4) is 11.3 Å². The Morgan fingerprint density at radius 3 is 2.54 bits per heavy atom. The van der Waals surface area contributed by atoms with Crippen LogP contribution in [0.15, 0.2) is 71.2 Å². The van der Waals surface area contributed by atoms with Gasteiger partial charge in [0, 0.05) is 29.1 Å². The molecule has 0 aliphatic heterocycles. The number of para-hydroxylation sites is 1. The Bertz CT molecular complexity index is 874. The summed E-state index contributed by atoms with van der Waals surface area (Å²) in [6.07, 6.45) is 2.37. The second-order valence-corrected chi connectivity index (χ2v) is 5.18. The summed E-state index contributed by atoms with van der Waals surface area (Å²) in [7, 11) is 0. The molecule has 1 aromatic heterocycles. The van der Waals surface area contributed by atoms with Gasteiger partial charge < -0.3 is 14.8 Å². The Kier molecular flexibility index (Phi) is 4.43. The average Bonchev–Trinajstić information content (AvgIpc) is 3.02. The van der Waals surface area contributed by atoms with E-state index in [0.29, 0.717) is 5.56 Å². The lowest BCUT2D eigenvalue weighted by molar-refractivity contribution is -0.131. The number of hydrogen-bond acceptors (Lipinski definition) is 3. The van der Waals surface area contributed by atoms with Crippen LogP contribution in [0.25, 0.3) is 22.3 Å². The van der Waals surface area contributed by atoms with E-state index < -0.39 is 5.97 Å². The summed E-state index contributed by atoms with van der Waals surface area (Å²) < 4.78 is 5.79. The van der Waals surface area contributed by atoms with Crippen LogP contribution in [0.1, 0.15) is 10.4 Å². The van der Waals surface area contributed by atoms with Crippen LogP contribution in [0.4, 0.5) is 0 Å². The van der Waals surface area contributed by atoms with Crippen molar-refractivity contribution in [3.05, 3.63) is 72.3 Å². The third kappa shape index (κ3) is 3.52. The lowest BCUT2D eigenvalue weighted by atomic mass is 10.1. The molecular weight excluding hydrogens is 306 g/mol. The molecule has 0 saturated heterocycles. The molecule has 0 fully saturated rings. The molecule has 0 bridgehead atoms. The number of nitrogens with one attached hydrogen (secondary N) is 1. The number of rotatable bonds is 5. The van der Waals surface area contributed by atoms with Crippen molar-refractivity contribution in [2.24, 2.45) is 0 Å². The summed E-state index contributed by atoms with van der Waals surface area (Å²) >= 11 is 0. The fourth-order valence-electron chi connectivity index (χ4n) is 2.32. The second-order valence-electron chi connectivity index (χ2n) is 5.18. The number of furan rings is 1. The quantitative estimate of drug-likeness (QED) is 0.705.